The molecule has 0 bridgehead atoms. The van der Waals surface area contributed by atoms with E-state index in [0.29, 0.717) is 23.1 Å². The van der Waals surface area contributed by atoms with Crippen LogP contribution in [0, 0.1) is 0 Å². The van der Waals surface area contributed by atoms with E-state index >= 15 is 0 Å². The number of benzene rings is 2. The summed E-state index contributed by atoms with van der Waals surface area (Å²) >= 11 is 6.16. The Morgan fingerprint density at radius 1 is 1.15 bits per heavy atom. The van der Waals surface area contributed by atoms with Gasteiger partial charge in [-0.15, -0.1) is 0 Å². The van der Waals surface area contributed by atoms with E-state index < -0.39 is 0 Å². The summed E-state index contributed by atoms with van der Waals surface area (Å²) < 4.78 is 10.4. The molecular weight excluding hydrogens is 352 g/mol. The smallest absolute Gasteiger partial charge is 0.244 e. The molecule has 0 saturated carbocycles. The van der Waals surface area contributed by atoms with Crippen molar-refractivity contribution in [1.29, 1.82) is 0 Å². The molecule has 0 radical (unpaired) electrons. The average molecular weight is 375 g/mol. The number of halogens is 1. The van der Waals surface area contributed by atoms with Gasteiger partial charge in [-0.1, -0.05) is 23.7 Å². The fraction of sp³-hybridized carbons (Fsp3) is 0.250. The van der Waals surface area contributed by atoms with Crippen LogP contribution in [0.2, 0.25) is 5.02 Å². The molecule has 0 aliphatic rings. The molecule has 1 amide bonds. The van der Waals surface area contributed by atoms with Crippen LogP contribution in [0.5, 0.6) is 11.5 Å². The maximum atomic E-state index is 12.0. The topological polar surface area (TPSA) is 50.8 Å². The third-order valence-electron chi connectivity index (χ3n) is 3.80. The van der Waals surface area contributed by atoms with Gasteiger partial charge in [0.15, 0.2) is 11.5 Å². The molecule has 0 spiro atoms. The van der Waals surface area contributed by atoms with Crippen molar-refractivity contribution < 1.29 is 14.3 Å². The summed E-state index contributed by atoms with van der Waals surface area (Å²) in [7, 11) is 7.04. The van der Waals surface area contributed by atoms with Crippen molar-refractivity contribution in [2.45, 2.75) is 6.54 Å². The molecule has 0 aliphatic heterocycles. The van der Waals surface area contributed by atoms with Crippen molar-refractivity contribution in [2.75, 3.05) is 33.2 Å². The molecule has 138 valence electrons. The molecule has 0 atom stereocenters. The van der Waals surface area contributed by atoms with Crippen molar-refractivity contribution in [2.24, 2.45) is 0 Å². The van der Waals surface area contributed by atoms with Gasteiger partial charge in [0, 0.05) is 32.4 Å². The molecule has 0 unspecified atom stereocenters. The van der Waals surface area contributed by atoms with Crippen molar-refractivity contribution in [3.63, 3.8) is 0 Å². The normalized spacial score (nSPS) is 10.7. The van der Waals surface area contributed by atoms with Gasteiger partial charge in [-0.3, -0.25) is 4.79 Å². The standard InChI is InChI=1S/C20H23ClN2O3/c1-23(2)16-8-5-14(6-9-16)13-22-19(24)10-7-15-11-17(21)20(26-4)18(12-15)25-3/h5-12H,13H2,1-4H3,(H,22,24)/b10-7+. The molecule has 0 heterocycles. The number of hydrogen-bond acceptors (Lipinski definition) is 4. The number of methoxy groups -OCH3 is 2. The summed E-state index contributed by atoms with van der Waals surface area (Å²) in [5.41, 5.74) is 2.90. The number of hydrogen-bond donors (Lipinski definition) is 1. The Labute approximate surface area is 159 Å². The van der Waals surface area contributed by atoms with Gasteiger partial charge in [0.25, 0.3) is 0 Å². The van der Waals surface area contributed by atoms with Gasteiger partial charge in [0.05, 0.1) is 19.2 Å². The van der Waals surface area contributed by atoms with Crippen LogP contribution in [-0.2, 0) is 11.3 Å². The maximum Gasteiger partial charge on any atom is 0.244 e. The predicted octanol–water partition coefficient (Wildman–Crippen LogP) is 3.75. The summed E-state index contributed by atoms with van der Waals surface area (Å²) in [4.78, 5) is 14.1. The number of carbonyl (C=O) groups excluding carboxylic acids is 1. The van der Waals surface area contributed by atoms with Gasteiger partial charge >= 0.3 is 0 Å². The van der Waals surface area contributed by atoms with Crippen LogP contribution in [-0.4, -0.2) is 34.2 Å². The lowest BCUT2D eigenvalue weighted by atomic mass is 10.1. The SMILES string of the molecule is COc1cc(/C=C/C(=O)NCc2ccc(N(C)C)cc2)cc(Cl)c1OC. The van der Waals surface area contributed by atoms with E-state index in [1.165, 1.54) is 20.3 Å². The van der Waals surface area contributed by atoms with E-state index in [1.807, 2.05) is 43.3 Å². The summed E-state index contributed by atoms with van der Waals surface area (Å²) in [6.45, 7) is 0.462. The molecular formula is C20H23ClN2O3. The molecule has 2 rings (SSSR count). The summed E-state index contributed by atoms with van der Waals surface area (Å²) in [6, 6.07) is 11.5. The zero-order chi connectivity index (χ0) is 19.1. The third kappa shape index (κ3) is 5.17. The van der Waals surface area contributed by atoms with Crippen LogP contribution >= 0.6 is 11.6 Å². The van der Waals surface area contributed by atoms with Crippen LogP contribution in [0.15, 0.2) is 42.5 Å². The Kier molecular flexibility index (Phi) is 6.92. The molecule has 0 fully saturated rings. The van der Waals surface area contributed by atoms with Crippen LogP contribution in [0.4, 0.5) is 5.69 Å². The number of nitrogens with zero attached hydrogens (tertiary/aromatic N) is 1. The predicted molar refractivity (Wildman–Crippen MR) is 106 cm³/mol. The van der Waals surface area contributed by atoms with Crippen molar-refractivity contribution in [3.8, 4) is 11.5 Å². The molecule has 0 aliphatic carbocycles. The minimum absolute atomic E-state index is 0.187. The molecule has 2 aromatic carbocycles. The van der Waals surface area contributed by atoms with E-state index in [-0.39, 0.29) is 5.91 Å². The molecule has 1 N–H and O–H groups in total. The lowest BCUT2D eigenvalue weighted by Crippen LogP contribution is -2.20. The van der Waals surface area contributed by atoms with Gasteiger partial charge in [-0.05, 0) is 41.5 Å². The monoisotopic (exact) mass is 374 g/mol. The second-order valence-corrected chi connectivity index (χ2v) is 6.26. The van der Waals surface area contributed by atoms with E-state index in [9.17, 15) is 4.79 Å². The first-order chi connectivity index (χ1) is 12.4. The van der Waals surface area contributed by atoms with Crippen molar-refractivity contribution in [1.82, 2.24) is 5.32 Å². The van der Waals surface area contributed by atoms with Crippen molar-refractivity contribution >= 4 is 29.3 Å². The molecule has 2 aromatic rings. The minimum Gasteiger partial charge on any atom is -0.493 e. The Morgan fingerprint density at radius 2 is 1.85 bits per heavy atom. The number of carbonyl (C=O) groups is 1. The highest BCUT2D eigenvalue weighted by atomic mass is 35.5. The fourth-order valence-electron chi connectivity index (χ4n) is 2.37. The Hall–Kier alpha value is -2.66. The van der Waals surface area contributed by atoms with Gasteiger partial charge in [0.1, 0.15) is 0 Å². The zero-order valence-corrected chi connectivity index (χ0v) is 16.1. The van der Waals surface area contributed by atoms with Crippen LogP contribution in [0.25, 0.3) is 6.08 Å². The zero-order valence-electron chi connectivity index (χ0n) is 15.4. The molecule has 6 heteroatoms. The Morgan fingerprint density at radius 3 is 2.42 bits per heavy atom. The van der Waals surface area contributed by atoms with Gasteiger partial charge in [0.2, 0.25) is 5.91 Å². The second-order valence-electron chi connectivity index (χ2n) is 5.85. The lowest BCUT2D eigenvalue weighted by molar-refractivity contribution is -0.116. The van der Waals surface area contributed by atoms with Crippen LogP contribution < -0.4 is 19.7 Å². The lowest BCUT2D eigenvalue weighted by Gasteiger charge is -2.12. The fourth-order valence-corrected chi connectivity index (χ4v) is 2.66. The Bertz CT molecular complexity index is 786. The van der Waals surface area contributed by atoms with Crippen LogP contribution in [0.3, 0.4) is 0 Å². The number of amides is 1. The highest BCUT2D eigenvalue weighted by Gasteiger charge is 2.09. The summed E-state index contributed by atoms with van der Waals surface area (Å²) in [6.07, 6.45) is 3.14. The van der Waals surface area contributed by atoms with Gasteiger partial charge in [-0.2, -0.15) is 0 Å². The minimum atomic E-state index is -0.187. The van der Waals surface area contributed by atoms with Gasteiger partial charge < -0.3 is 19.7 Å². The first-order valence-corrected chi connectivity index (χ1v) is 8.46. The average Bonchev–Trinajstić information content (AvgIpc) is 2.64. The van der Waals surface area contributed by atoms with E-state index in [1.54, 1.807) is 18.2 Å². The van der Waals surface area contributed by atoms with Crippen LogP contribution in [0.1, 0.15) is 11.1 Å². The van der Waals surface area contributed by atoms with E-state index in [0.717, 1.165) is 16.8 Å². The number of nitrogens with one attached hydrogen (secondary N) is 1. The highest BCUT2D eigenvalue weighted by Crippen LogP contribution is 2.36. The Balaban J connectivity index is 1.98. The largest absolute Gasteiger partial charge is 0.493 e. The van der Waals surface area contributed by atoms with E-state index in [2.05, 4.69) is 5.32 Å². The molecule has 5 nitrogen and oxygen atoms in total. The van der Waals surface area contributed by atoms with Gasteiger partial charge in [-0.25, -0.2) is 0 Å². The number of anilines is 1. The van der Waals surface area contributed by atoms with Crippen molar-refractivity contribution in [3.05, 3.63) is 58.6 Å². The van der Waals surface area contributed by atoms with E-state index in [4.69, 9.17) is 21.1 Å². The first-order valence-electron chi connectivity index (χ1n) is 8.08. The second kappa shape index (κ2) is 9.15. The first kappa shape index (κ1) is 19.7. The highest BCUT2D eigenvalue weighted by molar-refractivity contribution is 6.32. The number of ether oxygens (including phenoxy) is 2. The third-order valence-corrected chi connectivity index (χ3v) is 4.08. The molecule has 0 saturated heterocycles. The summed E-state index contributed by atoms with van der Waals surface area (Å²) in [5, 5.41) is 3.28. The number of rotatable bonds is 7. The molecule has 26 heavy (non-hydrogen) atoms. The quantitative estimate of drug-likeness (QED) is 0.750. The molecule has 0 aromatic heterocycles. The summed E-state index contributed by atoms with van der Waals surface area (Å²) in [5.74, 6) is 0.797. The maximum absolute atomic E-state index is 12.0.